The number of carbonyl (C=O) groups is 2. The standard InChI is InChI=1S/C16H20O5/c1-11(9-15(17)18)21-16(19)10-20-14-8-4-6-12-5-2-3-7-13(12)14/h4,6,8,11H,2-3,5,7,9-10H2,1H3,(H,17,18). The minimum atomic E-state index is -0.992. The zero-order chi connectivity index (χ0) is 15.2. The van der Waals surface area contributed by atoms with Crippen molar-refractivity contribution in [2.45, 2.75) is 45.1 Å². The van der Waals surface area contributed by atoms with Crippen molar-refractivity contribution in [1.29, 1.82) is 0 Å². The van der Waals surface area contributed by atoms with Gasteiger partial charge in [-0.1, -0.05) is 12.1 Å². The summed E-state index contributed by atoms with van der Waals surface area (Å²) in [6, 6.07) is 5.88. The number of fused-ring (bicyclic) bond motifs is 1. The van der Waals surface area contributed by atoms with Crippen molar-refractivity contribution in [1.82, 2.24) is 0 Å². The van der Waals surface area contributed by atoms with Crippen LogP contribution < -0.4 is 4.74 Å². The van der Waals surface area contributed by atoms with Gasteiger partial charge in [0.15, 0.2) is 6.61 Å². The molecule has 0 fully saturated rings. The van der Waals surface area contributed by atoms with E-state index in [9.17, 15) is 9.59 Å². The highest BCUT2D eigenvalue weighted by Gasteiger charge is 2.16. The molecule has 1 atom stereocenters. The first-order valence-electron chi connectivity index (χ1n) is 7.21. The van der Waals surface area contributed by atoms with Crippen LogP contribution >= 0.6 is 0 Å². The zero-order valence-corrected chi connectivity index (χ0v) is 12.1. The van der Waals surface area contributed by atoms with Crippen LogP contribution in [0, 0.1) is 0 Å². The second-order valence-corrected chi connectivity index (χ2v) is 5.29. The number of aliphatic carboxylic acids is 1. The largest absolute Gasteiger partial charge is 0.482 e. The molecule has 1 aromatic carbocycles. The molecule has 0 amide bonds. The van der Waals surface area contributed by atoms with Gasteiger partial charge in [-0.2, -0.15) is 0 Å². The number of hydrogen-bond donors (Lipinski definition) is 1. The van der Waals surface area contributed by atoms with Gasteiger partial charge in [0.1, 0.15) is 11.9 Å². The number of carbonyl (C=O) groups excluding carboxylic acids is 1. The van der Waals surface area contributed by atoms with Crippen molar-refractivity contribution in [2.75, 3.05) is 6.61 Å². The van der Waals surface area contributed by atoms with Crippen molar-refractivity contribution in [3.63, 3.8) is 0 Å². The van der Waals surface area contributed by atoms with Gasteiger partial charge in [0.05, 0.1) is 6.42 Å². The van der Waals surface area contributed by atoms with Crippen LogP contribution in [0.25, 0.3) is 0 Å². The normalized spacial score (nSPS) is 14.9. The van der Waals surface area contributed by atoms with Crippen LogP contribution in [-0.2, 0) is 27.2 Å². The third-order valence-electron chi connectivity index (χ3n) is 3.49. The molecule has 1 aromatic rings. The third kappa shape index (κ3) is 4.48. The molecule has 5 nitrogen and oxygen atoms in total. The van der Waals surface area contributed by atoms with E-state index in [0.717, 1.165) is 25.0 Å². The second-order valence-electron chi connectivity index (χ2n) is 5.29. The van der Waals surface area contributed by atoms with Gasteiger partial charge in [0.2, 0.25) is 0 Å². The second kappa shape index (κ2) is 7.11. The van der Waals surface area contributed by atoms with E-state index in [-0.39, 0.29) is 13.0 Å². The first-order valence-corrected chi connectivity index (χ1v) is 7.21. The molecule has 0 radical (unpaired) electrons. The van der Waals surface area contributed by atoms with Crippen LogP contribution in [0.3, 0.4) is 0 Å². The molecule has 1 N–H and O–H groups in total. The molecule has 2 rings (SSSR count). The van der Waals surface area contributed by atoms with Crippen LogP contribution in [0.15, 0.2) is 18.2 Å². The Labute approximate surface area is 123 Å². The Bertz CT molecular complexity index is 523. The summed E-state index contributed by atoms with van der Waals surface area (Å²) < 4.78 is 10.5. The number of benzene rings is 1. The maximum absolute atomic E-state index is 11.6. The van der Waals surface area contributed by atoms with Gasteiger partial charge >= 0.3 is 11.9 Å². The summed E-state index contributed by atoms with van der Waals surface area (Å²) in [6.07, 6.45) is 3.48. The van der Waals surface area contributed by atoms with Crippen LogP contribution in [0.4, 0.5) is 0 Å². The Morgan fingerprint density at radius 3 is 2.81 bits per heavy atom. The molecular weight excluding hydrogens is 272 g/mol. The topological polar surface area (TPSA) is 72.8 Å². The Kier molecular flexibility index (Phi) is 5.20. The van der Waals surface area contributed by atoms with Crippen LogP contribution in [0.2, 0.25) is 0 Å². The summed E-state index contributed by atoms with van der Waals surface area (Å²) in [5, 5.41) is 8.61. The minimum absolute atomic E-state index is 0.194. The number of esters is 1. The van der Waals surface area contributed by atoms with E-state index < -0.39 is 18.0 Å². The predicted octanol–water partition coefficient (Wildman–Crippen LogP) is 2.35. The van der Waals surface area contributed by atoms with E-state index in [2.05, 4.69) is 6.07 Å². The SMILES string of the molecule is CC(CC(=O)O)OC(=O)COc1cccc2c1CCCC2. The molecule has 1 aliphatic carbocycles. The van der Waals surface area contributed by atoms with Crippen LogP contribution in [0.5, 0.6) is 5.75 Å². The summed E-state index contributed by atoms with van der Waals surface area (Å²) in [6.45, 7) is 1.36. The molecule has 0 bridgehead atoms. The fraction of sp³-hybridized carbons (Fsp3) is 0.500. The monoisotopic (exact) mass is 292 g/mol. The average Bonchev–Trinajstić information content (AvgIpc) is 2.44. The minimum Gasteiger partial charge on any atom is -0.482 e. The van der Waals surface area contributed by atoms with Gasteiger partial charge in [-0.05, 0) is 49.8 Å². The molecule has 0 aromatic heterocycles. The fourth-order valence-corrected chi connectivity index (χ4v) is 2.56. The van der Waals surface area contributed by atoms with E-state index in [1.165, 1.54) is 17.5 Å². The van der Waals surface area contributed by atoms with Crippen molar-refractivity contribution >= 4 is 11.9 Å². The van der Waals surface area contributed by atoms with Gasteiger partial charge in [-0.25, -0.2) is 4.79 Å². The summed E-state index contributed by atoms with van der Waals surface area (Å²) in [7, 11) is 0. The number of hydrogen-bond acceptors (Lipinski definition) is 4. The van der Waals surface area contributed by atoms with E-state index >= 15 is 0 Å². The molecule has 0 aliphatic heterocycles. The van der Waals surface area contributed by atoms with Crippen molar-refractivity contribution < 1.29 is 24.2 Å². The molecular formula is C16H20O5. The predicted molar refractivity (Wildman–Crippen MR) is 76.4 cm³/mol. The van der Waals surface area contributed by atoms with E-state index in [1.54, 1.807) is 6.92 Å². The lowest BCUT2D eigenvalue weighted by atomic mass is 9.91. The molecule has 0 heterocycles. The highest BCUT2D eigenvalue weighted by Crippen LogP contribution is 2.29. The lowest BCUT2D eigenvalue weighted by Crippen LogP contribution is -2.23. The zero-order valence-electron chi connectivity index (χ0n) is 12.1. The Hall–Kier alpha value is -2.04. The third-order valence-corrected chi connectivity index (χ3v) is 3.49. The van der Waals surface area contributed by atoms with Gasteiger partial charge < -0.3 is 14.6 Å². The first kappa shape index (κ1) is 15.4. The summed E-state index contributed by atoms with van der Waals surface area (Å²) in [5.74, 6) is -0.805. The number of rotatable bonds is 6. The molecule has 0 saturated heterocycles. The number of carboxylic acids is 1. The lowest BCUT2D eigenvalue weighted by Gasteiger charge is -2.19. The van der Waals surface area contributed by atoms with E-state index in [1.807, 2.05) is 12.1 Å². The van der Waals surface area contributed by atoms with Gasteiger partial charge in [0, 0.05) is 0 Å². The van der Waals surface area contributed by atoms with Crippen molar-refractivity contribution in [3.05, 3.63) is 29.3 Å². The number of ether oxygens (including phenoxy) is 2. The van der Waals surface area contributed by atoms with Crippen molar-refractivity contribution in [3.8, 4) is 5.75 Å². The maximum Gasteiger partial charge on any atom is 0.344 e. The quantitative estimate of drug-likeness (QED) is 0.815. The Morgan fingerprint density at radius 2 is 2.05 bits per heavy atom. The van der Waals surface area contributed by atoms with E-state index in [0.29, 0.717) is 0 Å². The molecule has 21 heavy (non-hydrogen) atoms. The molecule has 0 spiro atoms. The summed E-state index contributed by atoms with van der Waals surface area (Å²) in [5.41, 5.74) is 2.46. The highest BCUT2D eigenvalue weighted by molar-refractivity contribution is 5.72. The van der Waals surface area contributed by atoms with Crippen LogP contribution in [0.1, 0.15) is 37.3 Å². The molecule has 1 aliphatic rings. The lowest BCUT2D eigenvalue weighted by molar-refractivity contribution is -0.153. The molecule has 5 heteroatoms. The highest BCUT2D eigenvalue weighted by atomic mass is 16.6. The summed E-state index contributed by atoms with van der Waals surface area (Å²) >= 11 is 0. The molecule has 1 unspecified atom stereocenters. The summed E-state index contributed by atoms with van der Waals surface area (Å²) in [4.78, 5) is 22.1. The van der Waals surface area contributed by atoms with Gasteiger partial charge in [-0.15, -0.1) is 0 Å². The van der Waals surface area contributed by atoms with Crippen molar-refractivity contribution in [2.24, 2.45) is 0 Å². The number of carboxylic acid groups (broad SMARTS) is 1. The van der Waals surface area contributed by atoms with Gasteiger partial charge in [0.25, 0.3) is 0 Å². The average molecular weight is 292 g/mol. The fourth-order valence-electron chi connectivity index (χ4n) is 2.56. The van der Waals surface area contributed by atoms with E-state index in [4.69, 9.17) is 14.6 Å². The van der Waals surface area contributed by atoms with Gasteiger partial charge in [-0.3, -0.25) is 4.79 Å². The number of aryl methyl sites for hydroxylation is 1. The molecule has 0 saturated carbocycles. The molecule has 114 valence electrons. The maximum atomic E-state index is 11.6. The first-order chi connectivity index (χ1) is 10.1. The Balaban J connectivity index is 1.88. The Morgan fingerprint density at radius 1 is 1.29 bits per heavy atom. The smallest absolute Gasteiger partial charge is 0.344 e. The van der Waals surface area contributed by atoms with Crippen LogP contribution in [-0.4, -0.2) is 29.8 Å².